The van der Waals surface area contributed by atoms with Crippen LogP contribution in [0.3, 0.4) is 0 Å². The zero-order valence-corrected chi connectivity index (χ0v) is 15.8. The van der Waals surface area contributed by atoms with Crippen LogP contribution in [-0.2, 0) is 4.74 Å². The number of methoxy groups -OCH3 is 3. The molecule has 2 rings (SSSR count). The summed E-state index contributed by atoms with van der Waals surface area (Å²) in [6.07, 6.45) is 0. The molecule has 0 spiro atoms. The summed E-state index contributed by atoms with van der Waals surface area (Å²) in [5, 5.41) is 13.7. The summed E-state index contributed by atoms with van der Waals surface area (Å²) in [4.78, 5) is 0. The molecule has 0 aromatic heterocycles. The minimum Gasteiger partial charge on any atom is -0.823 e. The number of benzene rings is 2. The lowest BCUT2D eigenvalue weighted by Gasteiger charge is -2.19. The van der Waals surface area contributed by atoms with Crippen molar-refractivity contribution in [2.24, 2.45) is 0 Å². The molecule has 0 saturated carbocycles. The zero-order chi connectivity index (χ0) is 18.2. The Morgan fingerprint density at radius 2 is 1.68 bits per heavy atom. The van der Waals surface area contributed by atoms with Crippen LogP contribution < -0.4 is 24.6 Å². The smallest absolute Gasteiger partial charge is 0.129 e. The molecule has 2 aromatic rings. The lowest BCUT2D eigenvalue weighted by molar-refractivity contribution is -0.207. The highest BCUT2D eigenvalue weighted by atomic mass is 31.1. The maximum atomic E-state index is 12.8. The summed E-state index contributed by atoms with van der Waals surface area (Å²) >= 11 is 0. The maximum Gasteiger partial charge on any atom is 0.129 e. The van der Waals surface area contributed by atoms with Crippen molar-refractivity contribution in [3.05, 3.63) is 47.5 Å². The minimum absolute atomic E-state index is 0.0783. The van der Waals surface area contributed by atoms with Crippen molar-refractivity contribution < 1.29 is 24.1 Å². The highest BCUT2D eigenvalue weighted by molar-refractivity contribution is 7.49. The highest BCUT2D eigenvalue weighted by Crippen LogP contribution is 2.29. The number of ether oxygens (including phenoxy) is 4. The van der Waals surface area contributed by atoms with Crippen LogP contribution in [0.2, 0.25) is 0 Å². The van der Waals surface area contributed by atoms with E-state index >= 15 is 0 Å². The summed E-state index contributed by atoms with van der Waals surface area (Å²) in [5.41, 5.74) is 1.36. The van der Waals surface area contributed by atoms with E-state index in [0.29, 0.717) is 38.5 Å². The van der Waals surface area contributed by atoms with Crippen molar-refractivity contribution in [2.45, 2.75) is 6.92 Å². The maximum absolute atomic E-state index is 12.8. The number of rotatable bonds is 8. The van der Waals surface area contributed by atoms with Gasteiger partial charge in [-0.25, -0.2) is 0 Å². The number of aryl methyl sites for hydroxylation is 1. The fraction of sp³-hybridized carbons (Fsp3) is 0.316. The van der Waals surface area contributed by atoms with E-state index in [2.05, 4.69) is 0 Å². The molecule has 6 heteroatoms. The molecule has 0 fully saturated rings. The molecule has 5 nitrogen and oxygen atoms in total. The van der Waals surface area contributed by atoms with E-state index in [1.807, 2.05) is 25.1 Å². The highest BCUT2D eigenvalue weighted by Gasteiger charge is 2.09. The lowest BCUT2D eigenvalue weighted by atomic mass is 10.2. The molecule has 0 saturated heterocycles. The summed E-state index contributed by atoms with van der Waals surface area (Å²) in [7, 11) is 5.27. The van der Waals surface area contributed by atoms with Crippen molar-refractivity contribution in [2.75, 3.05) is 34.5 Å². The second-order valence-corrected chi connectivity index (χ2v) is 6.36. The molecule has 0 N–H and O–H groups in total. The molecule has 0 heterocycles. The predicted molar refractivity (Wildman–Crippen MR) is 98.8 cm³/mol. The van der Waals surface area contributed by atoms with Crippen LogP contribution in [0, 0.1) is 6.92 Å². The Balaban J connectivity index is 2.31. The summed E-state index contributed by atoms with van der Waals surface area (Å²) in [6, 6.07) is 11.0. The van der Waals surface area contributed by atoms with Crippen LogP contribution in [0.1, 0.15) is 11.1 Å². The van der Waals surface area contributed by atoms with Gasteiger partial charge in [-0.2, -0.15) is 0 Å². The normalized spacial score (nSPS) is 11.3. The van der Waals surface area contributed by atoms with Gasteiger partial charge in [0.25, 0.3) is 0 Å². The molecular weight excluding hydrogens is 339 g/mol. The van der Waals surface area contributed by atoms with Gasteiger partial charge in [-0.05, 0) is 42.8 Å². The van der Waals surface area contributed by atoms with Gasteiger partial charge in [0.05, 0.1) is 20.8 Å². The molecule has 0 amide bonds. The standard InChI is InChI=1S/C19H23O5P/c1-13-12-14(24-11-10-21-2)8-9-17(13)25-19(20)18-15(22-3)6-5-7-16(18)23-4/h5-9,12,20H,10-11H2,1-4H3/p-1. The lowest BCUT2D eigenvalue weighted by Crippen LogP contribution is -2.20. The van der Waals surface area contributed by atoms with E-state index in [1.165, 1.54) is 0 Å². The topological polar surface area (TPSA) is 60.0 Å². The van der Waals surface area contributed by atoms with Crippen LogP contribution in [-0.4, -0.2) is 40.0 Å². The molecule has 0 aliphatic heterocycles. The van der Waals surface area contributed by atoms with E-state index < -0.39 is 0 Å². The third kappa shape index (κ3) is 4.95. The Morgan fingerprint density at radius 3 is 2.24 bits per heavy atom. The fourth-order valence-electron chi connectivity index (χ4n) is 2.31. The van der Waals surface area contributed by atoms with Gasteiger partial charge in [-0.3, -0.25) is 0 Å². The van der Waals surface area contributed by atoms with Crippen LogP contribution in [0.4, 0.5) is 0 Å². The molecule has 0 atom stereocenters. The van der Waals surface area contributed by atoms with Crippen molar-refractivity contribution >= 4 is 19.0 Å². The van der Waals surface area contributed by atoms with Gasteiger partial charge in [0.1, 0.15) is 23.9 Å². The molecule has 0 radical (unpaired) electrons. The van der Waals surface area contributed by atoms with Gasteiger partial charge >= 0.3 is 0 Å². The van der Waals surface area contributed by atoms with Crippen LogP contribution in [0.25, 0.3) is 0 Å². The number of hydrogen-bond donors (Lipinski definition) is 0. The third-order valence-corrected chi connectivity index (χ3v) is 4.76. The summed E-state index contributed by atoms with van der Waals surface area (Å²) in [5.74, 6) is 1.78. The third-order valence-electron chi connectivity index (χ3n) is 3.59. The first-order chi connectivity index (χ1) is 12.1. The Hall–Kier alpha value is -2.07. The minimum atomic E-state index is -0.0783. The zero-order valence-electron chi connectivity index (χ0n) is 14.9. The van der Waals surface area contributed by atoms with E-state index in [9.17, 15) is 5.11 Å². The number of hydrogen-bond acceptors (Lipinski definition) is 5. The summed E-state index contributed by atoms with van der Waals surface area (Å²) in [6.45, 7) is 2.98. The van der Waals surface area contributed by atoms with Crippen LogP contribution in [0.5, 0.6) is 17.2 Å². The van der Waals surface area contributed by atoms with E-state index in [4.69, 9.17) is 18.9 Å². The van der Waals surface area contributed by atoms with Gasteiger partial charge in [-0.1, -0.05) is 19.8 Å². The first-order valence-electron chi connectivity index (χ1n) is 7.80. The Kier molecular flexibility index (Phi) is 7.26. The SMILES string of the molecule is COCCOc1ccc(P=C([O-])c2c(OC)cccc2OC)c(C)c1. The van der Waals surface area contributed by atoms with E-state index in [1.54, 1.807) is 39.5 Å². The van der Waals surface area contributed by atoms with Crippen LogP contribution in [0.15, 0.2) is 36.4 Å². The largest absolute Gasteiger partial charge is 0.823 e. The van der Waals surface area contributed by atoms with Crippen molar-refractivity contribution in [3.8, 4) is 17.2 Å². The second-order valence-electron chi connectivity index (χ2n) is 5.24. The molecular formula is C19H22O5P-. The molecule has 0 aliphatic carbocycles. The monoisotopic (exact) mass is 361 g/mol. The fourth-order valence-corrected chi connectivity index (χ4v) is 3.25. The molecule has 2 aromatic carbocycles. The van der Waals surface area contributed by atoms with Crippen molar-refractivity contribution in [3.63, 3.8) is 0 Å². The molecule has 0 bridgehead atoms. The molecule has 0 aliphatic rings. The first-order valence-corrected chi connectivity index (χ1v) is 8.69. The van der Waals surface area contributed by atoms with Gasteiger partial charge in [0.2, 0.25) is 0 Å². The van der Waals surface area contributed by atoms with Gasteiger partial charge < -0.3 is 24.1 Å². The average Bonchev–Trinajstić information content (AvgIpc) is 2.63. The Morgan fingerprint density at radius 1 is 1.00 bits per heavy atom. The summed E-state index contributed by atoms with van der Waals surface area (Å²) < 4.78 is 21.2. The Bertz CT molecular complexity index is 720. The van der Waals surface area contributed by atoms with Gasteiger partial charge in [0.15, 0.2) is 0 Å². The quantitative estimate of drug-likeness (QED) is 0.533. The van der Waals surface area contributed by atoms with E-state index in [-0.39, 0.29) is 5.48 Å². The molecule has 0 unspecified atom stereocenters. The van der Waals surface area contributed by atoms with Crippen molar-refractivity contribution in [1.82, 2.24) is 0 Å². The van der Waals surface area contributed by atoms with E-state index in [0.717, 1.165) is 16.6 Å². The molecule has 134 valence electrons. The second kappa shape index (κ2) is 9.42. The van der Waals surface area contributed by atoms with Crippen LogP contribution >= 0.6 is 8.20 Å². The Labute approximate surface area is 149 Å². The van der Waals surface area contributed by atoms with Crippen molar-refractivity contribution in [1.29, 1.82) is 0 Å². The predicted octanol–water partition coefficient (Wildman–Crippen LogP) is 2.15. The molecule has 25 heavy (non-hydrogen) atoms. The van der Waals surface area contributed by atoms with Gasteiger partial charge in [-0.15, -0.1) is 0 Å². The average molecular weight is 361 g/mol. The van der Waals surface area contributed by atoms with Gasteiger partial charge in [0, 0.05) is 18.0 Å². The first kappa shape index (κ1) is 19.3.